The lowest BCUT2D eigenvalue weighted by Crippen LogP contribution is -2.32. The minimum atomic E-state index is -4.23. The number of nitrogens with one attached hydrogen (secondary N) is 1. The molecule has 0 bridgehead atoms. The van der Waals surface area contributed by atoms with E-state index in [1.807, 2.05) is 4.72 Å². The van der Waals surface area contributed by atoms with E-state index in [0.717, 1.165) is 6.07 Å². The zero-order valence-corrected chi connectivity index (χ0v) is 10.1. The van der Waals surface area contributed by atoms with Gasteiger partial charge >= 0.3 is 0 Å². The molecule has 0 aliphatic rings. The third kappa shape index (κ3) is 3.03. The van der Waals surface area contributed by atoms with Crippen LogP contribution in [-0.2, 0) is 10.0 Å². The lowest BCUT2D eigenvalue weighted by molar-refractivity contribution is -0.385. The summed E-state index contributed by atoms with van der Waals surface area (Å²) in [6, 6.07) is 1.38. The topological polar surface area (TPSA) is 89.3 Å². The van der Waals surface area contributed by atoms with Crippen molar-refractivity contribution in [3.63, 3.8) is 0 Å². The van der Waals surface area contributed by atoms with Crippen LogP contribution in [0.5, 0.6) is 0 Å². The average Bonchev–Trinajstić information content (AvgIpc) is 2.28. The van der Waals surface area contributed by atoms with Gasteiger partial charge in [-0.3, -0.25) is 10.1 Å². The Balaban J connectivity index is 3.28. The number of nitro groups is 1. The van der Waals surface area contributed by atoms with Gasteiger partial charge in [-0.25, -0.2) is 12.8 Å². The van der Waals surface area contributed by atoms with Crippen LogP contribution >= 0.6 is 0 Å². The highest BCUT2D eigenvalue weighted by molar-refractivity contribution is 7.89. The molecule has 0 fully saturated rings. The Bertz CT molecular complexity index is 621. The van der Waals surface area contributed by atoms with E-state index in [9.17, 15) is 22.9 Å². The minimum absolute atomic E-state index is 0.523. The van der Waals surface area contributed by atoms with Gasteiger partial charge in [0.25, 0.3) is 5.69 Å². The first kappa shape index (κ1) is 14.1. The van der Waals surface area contributed by atoms with Gasteiger partial charge in [-0.15, -0.1) is 6.42 Å². The first-order valence-electron chi connectivity index (χ1n) is 4.70. The first-order chi connectivity index (χ1) is 8.27. The molecule has 1 rings (SSSR count). The van der Waals surface area contributed by atoms with Crippen molar-refractivity contribution in [2.75, 3.05) is 0 Å². The maximum absolute atomic E-state index is 13.4. The average molecular weight is 272 g/mol. The van der Waals surface area contributed by atoms with Gasteiger partial charge < -0.3 is 0 Å². The second-order valence-electron chi connectivity index (χ2n) is 3.38. The van der Waals surface area contributed by atoms with Gasteiger partial charge in [0.05, 0.1) is 11.0 Å². The summed E-state index contributed by atoms with van der Waals surface area (Å²) >= 11 is 0. The van der Waals surface area contributed by atoms with Crippen molar-refractivity contribution in [3.05, 3.63) is 34.1 Å². The van der Waals surface area contributed by atoms with Gasteiger partial charge in [-0.1, -0.05) is 5.92 Å². The van der Waals surface area contributed by atoms with E-state index in [4.69, 9.17) is 6.42 Å². The predicted molar refractivity (Wildman–Crippen MR) is 61.7 cm³/mol. The fourth-order valence-electron chi connectivity index (χ4n) is 1.14. The fourth-order valence-corrected chi connectivity index (χ4v) is 2.40. The highest BCUT2D eigenvalue weighted by Crippen LogP contribution is 2.21. The molecule has 1 atom stereocenters. The molecule has 0 aliphatic carbocycles. The normalized spacial score (nSPS) is 12.7. The number of rotatable bonds is 4. The molecule has 1 aromatic carbocycles. The lowest BCUT2D eigenvalue weighted by Gasteiger charge is -2.09. The van der Waals surface area contributed by atoms with Crippen molar-refractivity contribution in [2.45, 2.75) is 17.9 Å². The summed E-state index contributed by atoms with van der Waals surface area (Å²) in [6.45, 7) is 1.38. The molecule has 0 saturated carbocycles. The molecule has 18 heavy (non-hydrogen) atoms. The summed E-state index contributed by atoms with van der Waals surface area (Å²) in [5, 5.41) is 10.5. The zero-order chi connectivity index (χ0) is 13.9. The van der Waals surface area contributed by atoms with Crippen LogP contribution in [0.2, 0.25) is 0 Å². The predicted octanol–water partition coefficient (Wildman–Crippen LogP) is 1.03. The molecule has 0 heterocycles. The van der Waals surface area contributed by atoms with Crippen LogP contribution in [0.1, 0.15) is 6.92 Å². The number of non-ortho nitro benzene ring substituents is 1. The molecule has 1 N–H and O–H groups in total. The van der Waals surface area contributed by atoms with E-state index in [2.05, 4.69) is 5.92 Å². The van der Waals surface area contributed by atoms with Crippen LogP contribution in [0.3, 0.4) is 0 Å². The van der Waals surface area contributed by atoms with Crippen LogP contribution in [0.15, 0.2) is 23.1 Å². The minimum Gasteiger partial charge on any atom is -0.258 e. The second kappa shape index (κ2) is 5.12. The molecule has 0 radical (unpaired) electrons. The van der Waals surface area contributed by atoms with Crippen molar-refractivity contribution < 1.29 is 17.7 Å². The second-order valence-corrected chi connectivity index (χ2v) is 5.06. The lowest BCUT2D eigenvalue weighted by atomic mass is 10.3. The number of terminal acetylenes is 1. The zero-order valence-electron chi connectivity index (χ0n) is 9.25. The first-order valence-corrected chi connectivity index (χ1v) is 6.18. The molecular formula is C10H9FN2O4S. The Hall–Kier alpha value is -1.98. The standard InChI is InChI=1S/C10H9FN2O4S/c1-3-7(2)12-18(16,17)10-6-8(13(14)15)4-5-9(10)11/h1,4-7,12H,2H3. The molecular weight excluding hydrogens is 263 g/mol. The van der Waals surface area contributed by atoms with E-state index in [1.165, 1.54) is 6.92 Å². The van der Waals surface area contributed by atoms with Gasteiger partial charge in [-0.2, -0.15) is 4.72 Å². The highest BCUT2D eigenvalue weighted by Gasteiger charge is 2.23. The van der Waals surface area contributed by atoms with Crippen molar-refractivity contribution in [1.82, 2.24) is 4.72 Å². The number of benzene rings is 1. The monoisotopic (exact) mass is 272 g/mol. The smallest absolute Gasteiger partial charge is 0.258 e. The molecule has 0 amide bonds. The Morgan fingerprint density at radius 1 is 1.56 bits per heavy atom. The van der Waals surface area contributed by atoms with Gasteiger partial charge in [0, 0.05) is 12.1 Å². The summed E-state index contributed by atoms with van der Waals surface area (Å²) in [7, 11) is -4.23. The molecule has 6 nitrogen and oxygen atoms in total. The number of sulfonamides is 1. The van der Waals surface area contributed by atoms with Gasteiger partial charge in [0.15, 0.2) is 0 Å². The summed E-state index contributed by atoms with van der Waals surface area (Å²) in [4.78, 5) is 8.88. The SMILES string of the molecule is C#CC(C)NS(=O)(=O)c1cc([N+](=O)[O-])ccc1F. The molecule has 0 aromatic heterocycles. The summed E-state index contributed by atoms with van der Waals surface area (Å²) in [5.41, 5.74) is -0.523. The third-order valence-corrected chi connectivity index (χ3v) is 3.55. The molecule has 0 saturated heterocycles. The molecule has 8 heteroatoms. The van der Waals surface area contributed by atoms with E-state index < -0.39 is 37.4 Å². The van der Waals surface area contributed by atoms with Crippen LogP contribution in [0.25, 0.3) is 0 Å². The Kier molecular flexibility index (Phi) is 4.00. The molecule has 1 unspecified atom stereocenters. The van der Waals surface area contributed by atoms with Crippen molar-refractivity contribution in [1.29, 1.82) is 0 Å². The Morgan fingerprint density at radius 3 is 2.67 bits per heavy atom. The molecule has 0 aliphatic heterocycles. The summed E-state index contributed by atoms with van der Waals surface area (Å²) in [5.74, 6) is 1.02. The molecule has 96 valence electrons. The van der Waals surface area contributed by atoms with E-state index in [0.29, 0.717) is 12.1 Å². The summed E-state index contributed by atoms with van der Waals surface area (Å²) in [6.07, 6.45) is 4.99. The number of hydrogen-bond donors (Lipinski definition) is 1. The quantitative estimate of drug-likeness (QED) is 0.503. The third-order valence-electron chi connectivity index (χ3n) is 2.00. The van der Waals surface area contributed by atoms with Gasteiger partial charge in [0.2, 0.25) is 10.0 Å². The van der Waals surface area contributed by atoms with E-state index in [-0.39, 0.29) is 0 Å². The molecule has 0 spiro atoms. The van der Waals surface area contributed by atoms with Crippen molar-refractivity contribution >= 4 is 15.7 Å². The van der Waals surface area contributed by atoms with Crippen LogP contribution < -0.4 is 4.72 Å². The van der Waals surface area contributed by atoms with Gasteiger partial charge in [-0.05, 0) is 13.0 Å². The fraction of sp³-hybridized carbons (Fsp3) is 0.200. The maximum Gasteiger partial charge on any atom is 0.270 e. The van der Waals surface area contributed by atoms with Gasteiger partial charge in [0.1, 0.15) is 10.7 Å². The van der Waals surface area contributed by atoms with Crippen molar-refractivity contribution in [3.8, 4) is 12.3 Å². The molecule has 1 aromatic rings. The van der Waals surface area contributed by atoms with Crippen molar-refractivity contribution in [2.24, 2.45) is 0 Å². The maximum atomic E-state index is 13.4. The Morgan fingerprint density at radius 2 is 2.17 bits per heavy atom. The number of nitrogens with zero attached hydrogens (tertiary/aromatic N) is 1. The summed E-state index contributed by atoms with van der Waals surface area (Å²) < 4.78 is 38.8. The van der Waals surface area contributed by atoms with E-state index in [1.54, 1.807) is 0 Å². The highest BCUT2D eigenvalue weighted by atomic mass is 32.2. The van der Waals surface area contributed by atoms with E-state index >= 15 is 0 Å². The number of hydrogen-bond acceptors (Lipinski definition) is 4. The van der Waals surface area contributed by atoms with Crippen LogP contribution in [0.4, 0.5) is 10.1 Å². The number of nitro benzene ring substituents is 1. The number of halogens is 1. The largest absolute Gasteiger partial charge is 0.270 e. The Labute approximate surface area is 103 Å². The van der Waals surface area contributed by atoms with Crippen LogP contribution in [-0.4, -0.2) is 19.4 Å². The van der Waals surface area contributed by atoms with Crippen LogP contribution in [0, 0.1) is 28.3 Å².